The van der Waals surface area contributed by atoms with Crippen LogP contribution in [0.5, 0.6) is 0 Å². The number of nitrogens with one attached hydrogen (secondary N) is 1. The van der Waals surface area contributed by atoms with E-state index in [0.717, 1.165) is 31.1 Å². The third-order valence-corrected chi connectivity index (χ3v) is 5.20. The van der Waals surface area contributed by atoms with Gasteiger partial charge in [-0.2, -0.15) is 0 Å². The number of amides is 1. The Morgan fingerprint density at radius 2 is 1.89 bits per heavy atom. The van der Waals surface area contributed by atoms with Crippen molar-refractivity contribution in [2.75, 3.05) is 13.1 Å². The standard InChI is InChI=1S/C22H27N3O3/c1-17-5-4-12-24(15-17)16-19-10-8-18(9-11-19)14-23-22(26)13-20-6-2-3-7-21(20)25(27)28/h2-3,6-11,17H,4-5,12-16H2,1H3,(H,23,26)/t17-/m0/s1. The van der Waals surface area contributed by atoms with Gasteiger partial charge in [0, 0.05) is 31.3 Å². The average molecular weight is 381 g/mol. The summed E-state index contributed by atoms with van der Waals surface area (Å²) in [6.07, 6.45) is 2.59. The minimum absolute atomic E-state index is 0.00236. The molecule has 0 aromatic heterocycles. The highest BCUT2D eigenvalue weighted by molar-refractivity contribution is 5.79. The number of piperidine rings is 1. The fourth-order valence-electron chi connectivity index (χ4n) is 3.73. The summed E-state index contributed by atoms with van der Waals surface area (Å²) in [5.41, 5.74) is 2.71. The van der Waals surface area contributed by atoms with Crippen LogP contribution in [0.3, 0.4) is 0 Å². The normalized spacial score (nSPS) is 17.2. The number of carbonyl (C=O) groups is 1. The second-order valence-electron chi connectivity index (χ2n) is 7.64. The van der Waals surface area contributed by atoms with Crippen LogP contribution < -0.4 is 5.32 Å². The predicted molar refractivity (Wildman–Crippen MR) is 109 cm³/mol. The van der Waals surface area contributed by atoms with Crippen LogP contribution in [0.1, 0.15) is 36.5 Å². The van der Waals surface area contributed by atoms with E-state index in [2.05, 4.69) is 29.3 Å². The van der Waals surface area contributed by atoms with Gasteiger partial charge in [0.2, 0.25) is 5.91 Å². The van der Waals surface area contributed by atoms with Gasteiger partial charge >= 0.3 is 0 Å². The van der Waals surface area contributed by atoms with Gasteiger partial charge in [0.15, 0.2) is 0 Å². The fourth-order valence-corrected chi connectivity index (χ4v) is 3.73. The molecule has 0 unspecified atom stereocenters. The van der Waals surface area contributed by atoms with Gasteiger partial charge in [-0.1, -0.05) is 49.4 Å². The largest absolute Gasteiger partial charge is 0.352 e. The van der Waals surface area contributed by atoms with Gasteiger partial charge in [-0.25, -0.2) is 0 Å². The smallest absolute Gasteiger partial charge is 0.273 e. The molecule has 148 valence electrons. The van der Waals surface area contributed by atoms with Crippen molar-refractivity contribution in [3.8, 4) is 0 Å². The van der Waals surface area contributed by atoms with E-state index in [9.17, 15) is 14.9 Å². The number of hydrogen-bond donors (Lipinski definition) is 1. The number of likely N-dealkylation sites (tertiary alicyclic amines) is 1. The van der Waals surface area contributed by atoms with Crippen molar-refractivity contribution < 1.29 is 9.72 Å². The number of nitrogens with zero attached hydrogens (tertiary/aromatic N) is 2. The average Bonchev–Trinajstić information content (AvgIpc) is 2.68. The highest BCUT2D eigenvalue weighted by Crippen LogP contribution is 2.19. The van der Waals surface area contributed by atoms with Crippen LogP contribution in [-0.2, 0) is 24.3 Å². The number of para-hydroxylation sites is 1. The molecule has 6 nitrogen and oxygen atoms in total. The van der Waals surface area contributed by atoms with Gasteiger partial charge in [0.25, 0.3) is 5.69 Å². The highest BCUT2D eigenvalue weighted by atomic mass is 16.6. The maximum Gasteiger partial charge on any atom is 0.273 e. The molecule has 1 saturated heterocycles. The summed E-state index contributed by atoms with van der Waals surface area (Å²) in [5.74, 6) is 0.546. The van der Waals surface area contributed by atoms with E-state index in [1.165, 1.54) is 24.5 Å². The lowest BCUT2D eigenvalue weighted by Crippen LogP contribution is -2.33. The van der Waals surface area contributed by atoms with Gasteiger partial charge in [-0.05, 0) is 36.4 Å². The van der Waals surface area contributed by atoms with Gasteiger partial charge in [-0.15, -0.1) is 0 Å². The number of nitro benzene ring substituents is 1. The SMILES string of the molecule is C[C@H]1CCCN(Cc2ccc(CNC(=O)Cc3ccccc3[N+](=O)[O-])cc2)C1. The molecule has 3 rings (SSSR count). The maximum absolute atomic E-state index is 12.2. The number of hydrogen-bond acceptors (Lipinski definition) is 4. The number of benzene rings is 2. The number of carbonyl (C=O) groups excluding carboxylic acids is 1. The molecule has 2 aromatic carbocycles. The van der Waals surface area contributed by atoms with Crippen LogP contribution in [0.2, 0.25) is 0 Å². The molecule has 1 amide bonds. The topological polar surface area (TPSA) is 75.5 Å². The Bertz CT molecular complexity index is 820. The van der Waals surface area contributed by atoms with Crippen LogP contribution in [-0.4, -0.2) is 28.8 Å². The zero-order valence-electron chi connectivity index (χ0n) is 16.3. The molecule has 0 saturated carbocycles. The third kappa shape index (κ3) is 5.63. The Kier molecular flexibility index (Phi) is 6.76. The molecule has 0 radical (unpaired) electrons. The molecule has 0 spiro atoms. The van der Waals surface area contributed by atoms with Crippen molar-refractivity contribution in [1.29, 1.82) is 0 Å². The van der Waals surface area contributed by atoms with Crippen molar-refractivity contribution in [2.45, 2.75) is 39.3 Å². The second kappa shape index (κ2) is 9.46. The van der Waals surface area contributed by atoms with Crippen LogP contribution in [0.25, 0.3) is 0 Å². The second-order valence-corrected chi connectivity index (χ2v) is 7.64. The Morgan fingerprint density at radius 1 is 1.18 bits per heavy atom. The zero-order chi connectivity index (χ0) is 19.9. The summed E-state index contributed by atoms with van der Waals surface area (Å²) < 4.78 is 0. The first-order valence-corrected chi connectivity index (χ1v) is 9.80. The van der Waals surface area contributed by atoms with Crippen molar-refractivity contribution in [3.05, 3.63) is 75.3 Å². The molecule has 1 atom stereocenters. The number of nitro groups is 1. The molecular weight excluding hydrogens is 354 g/mol. The molecule has 1 heterocycles. The summed E-state index contributed by atoms with van der Waals surface area (Å²) in [6.45, 7) is 6.01. The molecule has 1 aliphatic heterocycles. The fraction of sp³-hybridized carbons (Fsp3) is 0.409. The molecule has 1 N–H and O–H groups in total. The van der Waals surface area contributed by atoms with Crippen LogP contribution in [0, 0.1) is 16.0 Å². The van der Waals surface area contributed by atoms with Crippen LogP contribution in [0.15, 0.2) is 48.5 Å². The monoisotopic (exact) mass is 381 g/mol. The summed E-state index contributed by atoms with van der Waals surface area (Å²) in [6, 6.07) is 14.6. The molecule has 0 bridgehead atoms. The van der Waals surface area contributed by atoms with E-state index >= 15 is 0 Å². The molecule has 2 aromatic rings. The molecular formula is C22H27N3O3. The lowest BCUT2D eigenvalue weighted by Gasteiger charge is -2.30. The molecule has 1 aliphatic rings. The lowest BCUT2D eigenvalue weighted by molar-refractivity contribution is -0.385. The minimum atomic E-state index is -0.454. The Labute approximate surface area is 165 Å². The maximum atomic E-state index is 12.2. The van der Waals surface area contributed by atoms with E-state index in [-0.39, 0.29) is 18.0 Å². The van der Waals surface area contributed by atoms with Crippen molar-refractivity contribution in [2.24, 2.45) is 5.92 Å². The summed E-state index contributed by atoms with van der Waals surface area (Å²) in [4.78, 5) is 25.3. The van der Waals surface area contributed by atoms with E-state index in [0.29, 0.717) is 12.1 Å². The molecule has 28 heavy (non-hydrogen) atoms. The predicted octanol–water partition coefficient (Wildman–Crippen LogP) is 3.69. The van der Waals surface area contributed by atoms with Crippen molar-refractivity contribution >= 4 is 11.6 Å². The molecule has 1 fully saturated rings. The van der Waals surface area contributed by atoms with E-state index in [1.54, 1.807) is 18.2 Å². The first-order valence-electron chi connectivity index (χ1n) is 9.80. The van der Waals surface area contributed by atoms with E-state index in [4.69, 9.17) is 0 Å². The van der Waals surface area contributed by atoms with Crippen molar-refractivity contribution in [1.82, 2.24) is 10.2 Å². The Balaban J connectivity index is 1.49. The van der Waals surface area contributed by atoms with E-state index in [1.807, 2.05) is 12.1 Å². The highest BCUT2D eigenvalue weighted by Gasteiger charge is 2.17. The van der Waals surface area contributed by atoms with Gasteiger partial charge in [-0.3, -0.25) is 19.8 Å². The molecule has 0 aliphatic carbocycles. The summed E-state index contributed by atoms with van der Waals surface area (Å²) >= 11 is 0. The Hall–Kier alpha value is -2.73. The first kappa shape index (κ1) is 20.0. The first-order chi connectivity index (χ1) is 13.5. The van der Waals surface area contributed by atoms with Gasteiger partial charge in [0.05, 0.1) is 11.3 Å². The van der Waals surface area contributed by atoms with Gasteiger partial charge < -0.3 is 5.32 Å². The van der Waals surface area contributed by atoms with E-state index < -0.39 is 4.92 Å². The summed E-state index contributed by atoms with van der Waals surface area (Å²) in [5, 5.41) is 13.9. The van der Waals surface area contributed by atoms with Crippen LogP contribution >= 0.6 is 0 Å². The quantitative estimate of drug-likeness (QED) is 0.586. The minimum Gasteiger partial charge on any atom is -0.352 e. The van der Waals surface area contributed by atoms with Crippen molar-refractivity contribution in [3.63, 3.8) is 0 Å². The summed E-state index contributed by atoms with van der Waals surface area (Å²) in [7, 11) is 0. The zero-order valence-corrected chi connectivity index (χ0v) is 16.3. The third-order valence-electron chi connectivity index (χ3n) is 5.20. The molecule has 6 heteroatoms. The van der Waals surface area contributed by atoms with Crippen LogP contribution in [0.4, 0.5) is 5.69 Å². The lowest BCUT2D eigenvalue weighted by atomic mass is 9.99. The number of rotatable bonds is 7. The Morgan fingerprint density at radius 3 is 2.61 bits per heavy atom. The van der Waals surface area contributed by atoms with Gasteiger partial charge in [0.1, 0.15) is 0 Å².